The molecule has 3 atom stereocenters. The standard InChI is InChI=1S/C17H19FN2O4S2/c18-12-5-3-11(4-6-12)8-20-13-9-26(22,23)10-15(13)25-17(20)19-16(21)14-2-1-7-24-14/h3-6,13-15H,1-2,7-10H2/t13-,14+,15-/m1/s1. The summed E-state index contributed by atoms with van der Waals surface area (Å²) in [7, 11) is -3.09. The number of benzene rings is 1. The second-order valence-electron chi connectivity index (χ2n) is 6.79. The maximum absolute atomic E-state index is 13.2. The number of hydrogen-bond acceptors (Lipinski definition) is 5. The normalized spacial score (nSPS) is 31.5. The molecule has 0 radical (unpaired) electrons. The number of amidine groups is 1. The van der Waals surface area contributed by atoms with E-state index in [1.165, 1.54) is 23.9 Å². The lowest BCUT2D eigenvalue weighted by Crippen LogP contribution is -2.37. The van der Waals surface area contributed by atoms with Gasteiger partial charge in [-0.2, -0.15) is 4.99 Å². The van der Waals surface area contributed by atoms with E-state index in [-0.39, 0.29) is 34.5 Å². The molecule has 26 heavy (non-hydrogen) atoms. The minimum Gasteiger partial charge on any atom is -0.368 e. The number of hydrogen-bond donors (Lipinski definition) is 0. The van der Waals surface area contributed by atoms with Crippen LogP contribution < -0.4 is 0 Å². The molecule has 0 unspecified atom stereocenters. The fraction of sp³-hybridized carbons (Fsp3) is 0.529. The number of fused-ring (bicyclic) bond motifs is 1. The topological polar surface area (TPSA) is 76.0 Å². The number of carbonyl (C=O) groups excluding carboxylic acids is 1. The molecule has 9 heteroatoms. The third-order valence-electron chi connectivity index (χ3n) is 4.85. The molecule has 6 nitrogen and oxygen atoms in total. The fourth-order valence-electron chi connectivity index (χ4n) is 3.55. The Hall–Kier alpha value is -1.45. The highest BCUT2D eigenvalue weighted by molar-refractivity contribution is 8.15. The van der Waals surface area contributed by atoms with Crippen molar-refractivity contribution in [3.63, 3.8) is 0 Å². The number of sulfone groups is 1. The molecule has 1 aromatic carbocycles. The summed E-state index contributed by atoms with van der Waals surface area (Å²) in [6, 6.07) is 5.85. The van der Waals surface area contributed by atoms with E-state index in [2.05, 4.69) is 4.99 Å². The van der Waals surface area contributed by atoms with Gasteiger partial charge in [-0.3, -0.25) is 4.79 Å². The van der Waals surface area contributed by atoms with Crippen molar-refractivity contribution in [3.05, 3.63) is 35.6 Å². The van der Waals surface area contributed by atoms with Crippen LogP contribution in [-0.4, -0.2) is 59.9 Å². The molecule has 4 rings (SSSR count). The van der Waals surface area contributed by atoms with Crippen LogP contribution in [0.2, 0.25) is 0 Å². The van der Waals surface area contributed by atoms with Crippen molar-refractivity contribution in [1.29, 1.82) is 0 Å². The highest BCUT2D eigenvalue weighted by Crippen LogP contribution is 2.39. The summed E-state index contributed by atoms with van der Waals surface area (Å²) in [6.07, 6.45) is 1.01. The Morgan fingerprint density at radius 1 is 1.31 bits per heavy atom. The van der Waals surface area contributed by atoms with Gasteiger partial charge in [0, 0.05) is 18.4 Å². The minimum atomic E-state index is -3.09. The molecular weight excluding hydrogens is 379 g/mol. The molecule has 0 bridgehead atoms. The highest BCUT2D eigenvalue weighted by atomic mass is 32.2. The first-order valence-corrected chi connectivity index (χ1v) is 11.2. The summed E-state index contributed by atoms with van der Waals surface area (Å²) < 4.78 is 42.6. The van der Waals surface area contributed by atoms with Gasteiger partial charge in [-0.25, -0.2) is 12.8 Å². The monoisotopic (exact) mass is 398 g/mol. The zero-order valence-corrected chi connectivity index (χ0v) is 15.6. The maximum atomic E-state index is 13.2. The average molecular weight is 398 g/mol. The van der Waals surface area contributed by atoms with Crippen molar-refractivity contribution in [2.24, 2.45) is 4.99 Å². The Bertz CT molecular complexity index is 835. The average Bonchev–Trinajstić information content (AvgIpc) is 3.27. The Morgan fingerprint density at radius 3 is 2.77 bits per heavy atom. The Kier molecular flexibility index (Phi) is 4.79. The largest absolute Gasteiger partial charge is 0.368 e. The second kappa shape index (κ2) is 6.94. The molecule has 0 aliphatic carbocycles. The highest BCUT2D eigenvalue weighted by Gasteiger charge is 2.48. The van der Waals surface area contributed by atoms with Crippen LogP contribution in [0.5, 0.6) is 0 Å². The summed E-state index contributed by atoms with van der Waals surface area (Å²) in [5.41, 5.74) is 0.842. The molecule has 0 aromatic heterocycles. The molecule has 0 N–H and O–H groups in total. The van der Waals surface area contributed by atoms with Crippen LogP contribution >= 0.6 is 11.8 Å². The van der Waals surface area contributed by atoms with Gasteiger partial charge >= 0.3 is 0 Å². The number of nitrogens with zero attached hydrogens (tertiary/aromatic N) is 2. The molecule has 3 saturated heterocycles. The number of amides is 1. The van der Waals surface area contributed by atoms with E-state index in [0.29, 0.717) is 24.7 Å². The van der Waals surface area contributed by atoms with E-state index < -0.39 is 15.9 Å². The van der Waals surface area contributed by atoms with Crippen LogP contribution in [-0.2, 0) is 25.9 Å². The molecule has 1 aromatic rings. The van der Waals surface area contributed by atoms with Gasteiger partial charge in [0.2, 0.25) is 0 Å². The molecule has 0 spiro atoms. The number of halogens is 1. The molecule has 0 saturated carbocycles. The fourth-order valence-corrected chi connectivity index (χ4v) is 7.50. The van der Waals surface area contributed by atoms with Crippen molar-refractivity contribution in [2.45, 2.75) is 36.8 Å². The van der Waals surface area contributed by atoms with Crippen LogP contribution in [0.15, 0.2) is 29.3 Å². The quantitative estimate of drug-likeness (QED) is 0.770. The first kappa shape index (κ1) is 17.9. The van der Waals surface area contributed by atoms with Crippen LogP contribution in [0, 0.1) is 5.82 Å². The number of aliphatic imine (C=N–C) groups is 1. The van der Waals surface area contributed by atoms with Gasteiger partial charge in [-0.05, 0) is 30.5 Å². The van der Waals surface area contributed by atoms with E-state index >= 15 is 0 Å². The molecule has 3 aliphatic rings. The van der Waals surface area contributed by atoms with E-state index in [1.807, 2.05) is 4.90 Å². The Labute approximate surface area is 155 Å². The summed E-state index contributed by atoms with van der Waals surface area (Å²) in [5, 5.41) is 0.413. The van der Waals surface area contributed by atoms with Gasteiger partial charge in [0.05, 0.1) is 17.5 Å². The minimum absolute atomic E-state index is 0.0546. The summed E-state index contributed by atoms with van der Waals surface area (Å²) in [4.78, 5) is 18.5. The zero-order chi connectivity index (χ0) is 18.3. The van der Waals surface area contributed by atoms with Gasteiger partial charge in [0.1, 0.15) is 11.9 Å². The number of rotatable bonds is 3. The Morgan fingerprint density at radius 2 is 2.08 bits per heavy atom. The predicted octanol–water partition coefficient (Wildman–Crippen LogP) is 1.60. The van der Waals surface area contributed by atoms with Crippen LogP contribution in [0.3, 0.4) is 0 Å². The van der Waals surface area contributed by atoms with Crippen molar-refractivity contribution >= 4 is 32.7 Å². The molecule has 1 amide bonds. The van der Waals surface area contributed by atoms with Gasteiger partial charge in [-0.15, -0.1) is 0 Å². The van der Waals surface area contributed by atoms with Crippen molar-refractivity contribution < 1.29 is 22.3 Å². The van der Waals surface area contributed by atoms with E-state index in [1.54, 1.807) is 12.1 Å². The number of ether oxygens (including phenoxy) is 1. The lowest BCUT2D eigenvalue weighted by Gasteiger charge is -2.24. The van der Waals surface area contributed by atoms with E-state index in [4.69, 9.17) is 4.74 Å². The van der Waals surface area contributed by atoms with Crippen LogP contribution in [0.4, 0.5) is 4.39 Å². The lowest BCUT2D eigenvalue weighted by molar-refractivity contribution is -0.126. The lowest BCUT2D eigenvalue weighted by atomic mass is 10.1. The van der Waals surface area contributed by atoms with Crippen molar-refractivity contribution in [3.8, 4) is 0 Å². The third kappa shape index (κ3) is 3.65. The number of carbonyl (C=O) groups is 1. The predicted molar refractivity (Wildman–Crippen MR) is 97.2 cm³/mol. The molecule has 140 valence electrons. The van der Waals surface area contributed by atoms with E-state index in [9.17, 15) is 17.6 Å². The zero-order valence-electron chi connectivity index (χ0n) is 14.0. The summed E-state index contributed by atoms with van der Waals surface area (Å²) in [5.74, 6) is -0.487. The van der Waals surface area contributed by atoms with Crippen LogP contribution in [0.25, 0.3) is 0 Å². The van der Waals surface area contributed by atoms with Gasteiger partial charge in [0.25, 0.3) is 5.91 Å². The van der Waals surface area contributed by atoms with Gasteiger partial charge in [-0.1, -0.05) is 23.9 Å². The van der Waals surface area contributed by atoms with Crippen molar-refractivity contribution in [1.82, 2.24) is 4.90 Å². The molecular formula is C17H19FN2O4S2. The van der Waals surface area contributed by atoms with Crippen molar-refractivity contribution in [2.75, 3.05) is 18.1 Å². The summed E-state index contributed by atoms with van der Waals surface area (Å²) in [6.45, 7) is 0.957. The molecule has 3 fully saturated rings. The second-order valence-corrected chi connectivity index (χ2v) is 10.1. The molecule has 3 aliphatic heterocycles. The Balaban J connectivity index is 1.59. The smallest absolute Gasteiger partial charge is 0.277 e. The van der Waals surface area contributed by atoms with Crippen LogP contribution in [0.1, 0.15) is 18.4 Å². The SMILES string of the molecule is O=C(N=C1S[C@@H]2CS(=O)(=O)C[C@H]2N1Cc1ccc(F)cc1)[C@@H]1CCCO1. The maximum Gasteiger partial charge on any atom is 0.277 e. The first-order chi connectivity index (χ1) is 12.4. The van der Waals surface area contributed by atoms with Gasteiger partial charge < -0.3 is 9.64 Å². The van der Waals surface area contributed by atoms with Gasteiger partial charge in [0.15, 0.2) is 15.0 Å². The summed E-state index contributed by atoms with van der Waals surface area (Å²) >= 11 is 1.35. The van der Waals surface area contributed by atoms with E-state index in [0.717, 1.165) is 12.0 Å². The first-order valence-electron chi connectivity index (χ1n) is 8.53. The number of thioether (sulfide) groups is 1. The molecule has 3 heterocycles. The third-order valence-corrected chi connectivity index (χ3v) is 8.10.